The van der Waals surface area contributed by atoms with E-state index in [0.29, 0.717) is 145 Å². The summed E-state index contributed by atoms with van der Waals surface area (Å²) >= 11 is 0. The summed E-state index contributed by atoms with van der Waals surface area (Å²) in [7, 11) is 0. The summed E-state index contributed by atoms with van der Waals surface area (Å²) in [6.45, 7) is 9.42. The lowest BCUT2D eigenvalue weighted by Gasteiger charge is -2.39. The molecule has 0 aliphatic carbocycles. The molecule has 21 nitrogen and oxygen atoms in total. The van der Waals surface area contributed by atoms with Gasteiger partial charge in [0.2, 0.25) is 17.7 Å². The fraction of sp³-hybridized carbons (Fsp3) is 0.360. The Labute approximate surface area is 598 Å². The van der Waals surface area contributed by atoms with Crippen molar-refractivity contribution in [1.82, 2.24) is 14.7 Å². The van der Waals surface area contributed by atoms with Crippen molar-refractivity contribution in [2.24, 2.45) is 0 Å². The Hall–Kier alpha value is -10.6. The van der Waals surface area contributed by atoms with Gasteiger partial charge in [0, 0.05) is 128 Å². The van der Waals surface area contributed by atoms with Gasteiger partial charge in [-0.25, -0.2) is 14.4 Å². The minimum Gasteiger partial charge on any atom is -0.493 e. The van der Waals surface area contributed by atoms with Crippen molar-refractivity contribution < 1.29 is 97.8 Å². The highest BCUT2D eigenvalue weighted by molar-refractivity contribution is 6.07. The second-order valence-electron chi connectivity index (χ2n) is 26.3. The molecule has 9 amide bonds. The Morgan fingerprint density at radius 2 is 0.867 bits per heavy atom. The minimum atomic E-state index is -4.50. The lowest BCUT2D eigenvalue weighted by atomic mass is 9.83. The van der Waals surface area contributed by atoms with E-state index < -0.39 is 64.1 Å². The number of allylic oxidation sites excluding steroid dienone is 1. The lowest BCUT2D eigenvalue weighted by molar-refractivity contribution is -0.138. The number of hydrogen-bond donors (Lipinski definition) is 9. The first kappa shape index (κ1) is 77.0. The number of carbonyl (C=O) groups excluding carboxylic acids is 6. The Kier molecular flexibility index (Phi) is 23.6. The predicted octanol–water partition coefficient (Wildman–Crippen LogP) is 15.1. The molecule has 9 N–H and O–H groups in total. The van der Waals surface area contributed by atoms with E-state index in [-0.39, 0.29) is 74.9 Å². The number of unbranched alkanes of at least 4 members (excludes halogenated alkanes) is 1. The van der Waals surface area contributed by atoms with E-state index in [4.69, 9.17) is 29.5 Å². The first-order chi connectivity index (χ1) is 49.8. The normalized spacial score (nSPS) is 17.4. The molecule has 6 heterocycles. The minimum absolute atomic E-state index is 0.0778. The van der Waals surface area contributed by atoms with Crippen LogP contribution in [0.2, 0.25) is 0 Å². The van der Waals surface area contributed by atoms with Crippen molar-refractivity contribution in [3.05, 3.63) is 177 Å². The summed E-state index contributed by atoms with van der Waals surface area (Å²) in [5.74, 6) is -1.03. The smallest absolute Gasteiger partial charge is 0.416 e. The number of amides is 9. The van der Waals surface area contributed by atoms with Gasteiger partial charge < -0.3 is 76.1 Å². The molecule has 12 rings (SSSR count). The van der Waals surface area contributed by atoms with Gasteiger partial charge in [0.1, 0.15) is 28.5 Å². The first-order valence-electron chi connectivity index (χ1n) is 33.9. The van der Waals surface area contributed by atoms with E-state index in [9.17, 15) is 68.3 Å². The fourth-order valence-corrected chi connectivity index (χ4v) is 12.8. The second kappa shape index (κ2) is 32.2. The molecule has 0 saturated carbocycles. The van der Waals surface area contributed by atoms with Gasteiger partial charge in [0.25, 0.3) is 0 Å². The van der Waals surface area contributed by atoms with Crippen LogP contribution < -0.4 is 46.1 Å². The number of carbonyl (C=O) groups is 6. The average molecular weight is 1470 g/mol. The van der Waals surface area contributed by atoms with Crippen LogP contribution in [0, 0.1) is 0 Å². The van der Waals surface area contributed by atoms with Crippen molar-refractivity contribution >= 4 is 86.7 Å². The number of aliphatic hydroxyl groups is 3. The molecule has 0 bridgehead atoms. The Morgan fingerprint density at radius 1 is 0.486 bits per heavy atom. The molecule has 558 valence electrons. The van der Waals surface area contributed by atoms with Crippen LogP contribution in [0.1, 0.15) is 129 Å². The molecule has 105 heavy (non-hydrogen) atoms. The molecule has 0 spiro atoms. The highest BCUT2D eigenvalue weighted by atomic mass is 19.4. The lowest BCUT2D eigenvalue weighted by Crippen LogP contribution is -2.40. The van der Waals surface area contributed by atoms with Crippen LogP contribution in [0.4, 0.5) is 88.0 Å². The number of ether oxygens (including phenoxy) is 3. The summed E-state index contributed by atoms with van der Waals surface area (Å²) < 4.78 is 136. The number of aliphatic hydroxyl groups excluding tert-OH is 3. The van der Waals surface area contributed by atoms with Gasteiger partial charge in [-0.3, -0.25) is 14.4 Å². The number of alkyl halides is 9. The SMILES string of the molecule is CC1(C)C/C(=C\C(=O)Nc2ccc3c(c2)NC(=O)N(CCO)C3)c2ccc(C(F)(F)F)cc2O1.CCC1(CC)C/C(=C\C(=O)Nc2ccc3c(c2)NC(=O)N(CCO)C3)c2ccc(C(F)(F)F)cc2O1.O=C(/C=C1\CCCOc2cc(C(F)(F)F)ccc21)Nc1ccc2c(c1)NC(=O)N(CCCCO)C2. The number of fused-ring (bicyclic) bond motifs is 6. The van der Waals surface area contributed by atoms with Crippen LogP contribution in [-0.4, -0.2) is 123 Å². The van der Waals surface area contributed by atoms with E-state index in [1.165, 1.54) is 46.2 Å². The Bertz CT molecular complexity index is 4400. The number of nitrogens with one attached hydrogen (secondary N) is 6. The second-order valence-corrected chi connectivity index (χ2v) is 26.3. The third-order valence-corrected chi connectivity index (χ3v) is 18.2. The molecular weight excluding hydrogens is 1390 g/mol. The van der Waals surface area contributed by atoms with Crippen molar-refractivity contribution in [3.8, 4) is 17.2 Å². The van der Waals surface area contributed by atoms with E-state index >= 15 is 0 Å². The number of nitrogens with zero attached hydrogens (tertiary/aromatic N) is 3. The molecule has 0 atom stereocenters. The molecule has 0 radical (unpaired) electrons. The van der Waals surface area contributed by atoms with E-state index in [2.05, 4.69) is 31.9 Å². The highest BCUT2D eigenvalue weighted by Crippen LogP contribution is 2.47. The number of urea groups is 3. The average Bonchev–Trinajstić information content (AvgIpc) is 1.16. The standard InChI is InChI=1S/C26H28F3N3O4.C25H26F3N3O4.C24H24F3N3O4/c1-3-25(4-2)14-17(20-8-6-18(26(27,28)29)12-22(20)36-25)11-23(34)30-19-7-5-16-15-32(9-10-33)24(35)31-21(16)13-19;26-25(27,28)18-6-8-20-16(4-3-11-35-22(20)13-18)12-23(33)29-19-7-5-17-15-31(9-1-2-10-32)24(34)30-21(17)14-19;1-23(2)12-15(18-6-4-16(24(25,26)27)10-20(18)34-23)9-21(32)28-17-5-3-14-13-30(7-8-31)22(33)29-19(14)11-17/h5-8,11-13,33H,3-4,9-10,14-15H2,1-2H3,(H,30,34)(H,31,35);5-8,12-14,32H,1-4,9-11,15H2,(H,29,33)(H,30,34);3-6,9-11,31H,7-8,12-13H2,1-2H3,(H,28,32)(H,29,33)/b17-11+;16-12+;15-9+. The van der Waals surface area contributed by atoms with Gasteiger partial charge in [-0.1, -0.05) is 50.2 Å². The predicted molar refractivity (Wildman–Crippen MR) is 375 cm³/mol. The Balaban J connectivity index is 0.000000169. The monoisotopic (exact) mass is 1470 g/mol. The number of hydrogen-bond acceptors (Lipinski definition) is 12. The van der Waals surface area contributed by atoms with Gasteiger partial charge in [0.05, 0.1) is 36.5 Å². The van der Waals surface area contributed by atoms with E-state index in [0.717, 1.165) is 53.1 Å². The zero-order chi connectivity index (χ0) is 75.8. The maximum Gasteiger partial charge on any atom is 0.416 e. The molecule has 0 unspecified atom stereocenters. The molecular formula is C75H78F9N9O12. The Morgan fingerprint density at radius 3 is 1.27 bits per heavy atom. The van der Waals surface area contributed by atoms with Crippen LogP contribution in [-0.2, 0) is 52.5 Å². The van der Waals surface area contributed by atoms with Crippen molar-refractivity contribution in [2.45, 2.75) is 128 Å². The van der Waals surface area contributed by atoms with Crippen LogP contribution in [0.5, 0.6) is 17.2 Å². The number of benzene rings is 6. The first-order valence-corrected chi connectivity index (χ1v) is 33.9. The quantitative estimate of drug-likeness (QED) is 0.0249. The maximum absolute atomic E-state index is 13.3. The molecule has 0 aromatic heterocycles. The third kappa shape index (κ3) is 19.2. The molecule has 0 fully saturated rings. The number of β-amino-alcohol motifs (C(OH)–C–C–N with tert-alkyl or cyclic N) is 2. The summed E-state index contributed by atoms with van der Waals surface area (Å²) in [4.78, 5) is 79.7. The van der Waals surface area contributed by atoms with Crippen molar-refractivity contribution in [3.63, 3.8) is 0 Å². The highest BCUT2D eigenvalue weighted by Gasteiger charge is 2.40. The van der Waals surface area contributed by atoms with Crippen molar-refractivity contribution in [2.75, 3.05) is 78.0 Å². The largest absolute Gasteiger partial charge is 0.493 e. The topological polar surface area (TPSA) is 273 Å². The van der Waals surface area contributed by atoms with Gasteiger partial charge >= 0.3 is 36.6 Å². The van der Waals surface area contributed by atoms with E-state index in [1.54, 1.807) is 67.3 Å². The van der Waals surface area contributed by atoms with Gasteiger partial charge in [0.15, 0.2) is 0 Å². The molecule has 6 aromatic rings. The maximum atomic E-state index is 13.3. The van der Waals surface area contributed by atoms with Crippen LogP contribution in [0.15, 0.2) is 127 Å². The van der Waals surface area contributed by atoms with E-state index in [1.807, 2.05) is 19.9 Å². The molecule has 30 heteroatoms. The van der Waals surface area contributed by atoms with Crippen LogP contribution in [0.3, 0.4) is 0 Å². The van der Waals surface area contributed by atoms with Crippen LogP contribution >= 0.6 is 0 Å². The summed E-state index contributed by atoms with van der Waals surface area (Å²) in [6.07, 6.45) is -5.14. The summed E-state index contributed by atoms with van der Waals surface area (Å²) in [5.41, 5.74) is 4.88. The zero-order valence-electron chi connectivity index (χ0n) is 57.6. The third-order valence-electron chi connectivity index (χ3n) is 18.2. The molecule has 6 aliphatic rings. The molecule has 6 aromatic carbocycles. The molecule has 6 aliphatic heterocycles. The summed E-state index contributed by atoms with van der Waals surface area (Å²) in [5, 5.41) is 43.7. The molecule has 0 saturated heterocycles. The van der Waals surface area contributed by atoms with Crippen molar-refractivity contribution in [1.29, 1.82) is 0 Å². The van der Waals surface area contributed by atoms with Gasteiger partial charge in [-0.15, -0.1) is 0 Å². The number of halogens is 9. The zero-order valence-corrected chi connectivity index (χ0v) is 57.6. The van der Waals surface area contributed by atoms with Gasteiger partial charge in [-0.05, 0) is 159 Å². The van der Waals surface area contributed by atoms with Gasteiger partial charge in [-0.2, -0.15) is 39.5 Å². The number of anilines is 6. The fourth-order valence-electron chi connectivity index (χ4n) is 12.8. The number of rotatable bonds is 16. The summed E-state index contributed by atoms with van der Waals surface area (Å²) in [6, 6.07) is 24.4. The van der Waals surface area contributed by atoms with Crippen LogP contribution in [0.25, 0.3) is 16.7 Å².